The fraction of sp³-hybridized carbons (Fsp3) is 0.467. The van der Waals surface area contributed by atoms with Crippen LogP contribution in [0.1, 0.15) is 31.7 Å². The van der Waals surface area contributed by atoms with Crippen LogP contribution in [0.25, 0.3) is 0 Å². The van der Waals surface area contributed by atoms with Gasteiger partial charge in [-0.15, -0.1) is 0 Å². The van der Waals surface area contributed by atoms with Gasteiger partial charge in [0.1, 0.15) is 0 Å². The van der Waals surface area contributed by atoms with E-state index >= 15 is 0 Å². The number of rotatable bonds is 5. The first kappa shape index (κ1) is 14.4. The molecule has 108 valence electrons. The van der Waals surface area contributed by atoms with Crippen LogP contribution in [0.2, 0.25) is 0 Å². The Bertz CT molecular complexity index is 478. The average Bonchev–Trinajstić information content (AvgIpc) is 2.36. The first-order valence-corrected chi connectivity index (χ1v) is 6.91. The van der Waals surface area contributed by atoms with Gasteiger partial charge in [-0.05, 0) is 42.9 Å². The van der Waals surface area contributed by atoms with Gasteiger partial charge < -0.3 is 15.7 Å². The molecule has 0 radical (unpaired) electrons. The Morgan fingerprint density at radius 1 is 1.25 bits per heavy atom. The minimum atomic E-state index is -0.804. The lowest BCUT2D eigenvalue weighted by Crippen LogP contribution is -2.45. The molecular weight excluding hydrogens is 256 g/mol. The molecule has 2 amide bonds. The van der Waals surface area contributed by atoms with Gasteiger partial charge in [-0.3, -0.25) is 4.79 Å². The number of urea groups is 1. The molecule has 1 aliphatic carbocycles. The topological polar surface area (TPSA) is 78.4 Å². The Kier molecular flexibility index (Phi) is 4.61. The highest BCUT2D eigenvalue weighted by molar-refractivity contribution is 5.89. The van der Waals surface area contributed by atoms with E-state index < -0.39 is 5.97 Å². The standard InChI is InChI=1S/C15H20N2O3/c1-10-8-13(9-10)17-15(20)16-12-5-2-11(3-6-12)4-7-14(18)19/h2-3,5-6,10,13H,4,7-9H2,1H3,(H,18,19)(H2,16,17,20). The smallest absolute Gasteiger partial charge is 0.319 e. The molecule has 5 heteroatoms. The van der Waals surface area contributed by atoms with E-state index in [1.54, 1.807) is 12.1 Å². The molecule has 0 atom stereocenters. The molecule has 5 nitrogen and oxygen atoms in total. The predicted octanol–water partition coefficient (Wildman–Crippen LogP) is 2.62. The van der Waals surface area contributed by atoms with E-state index in [2.05, 4.69) is 17.6 Å². The normalized spacial score (nSPS) is 20.9. The largest absolute Gasteiger partial charge is 0.481 e. The molecular formula is C15H20N2O3. The van der Waals surface area contributed by atoms with Crippen molar-refractivity contribution in [2.24, 2.45) is 5.92 Å². The number of nitrogens with one attached hydrogen (secondary N) is 2. The van der Waals surface area contributed by atoms with E-state index in [1.165, 1.54) is 0 Å². The average molecular weight is 276 g/mol. The molecule has 20 heavy (non-hydrogen) atoms. The molecule has 0 bridgehead atoms. The third-order valence-corrected chi connectivity index (χ3v) is 3.55. The van der Waals surface area contributed by atoms with E-state index in [4.69, 9.17) is 5.11 Å². The van der Waals surface area contributed by atoms with Crippen LogP contribution in [0.15, 0.2) is 24.3 Å². The second-order valence-electron chi connectivity index (χ2n) is 5.46. The highest BCUT2D eigenvalue weighted by atomic mass is 16.4. The zero-order valence-electron chi connectivity index (χ0n) is 11.6. The summed E-state index contributed by atoms with van der Waals surface area (Å²) in [5.41, 5.74) is 1.67. The lowest BCUT2D eigenvalue weighted by Gasteiger charge is -2.33. The maximum Gasteiger partial charge on any atom is 0.319 e. The van der Waals surface area contributed by atoms with Crippen LogP contribution in [-0.2, 0) is 11.2 Å². The van der Waals surface area contributed by atoms with Gasteiger partial charge in [0.2, 0.25) is 0 Å². The number of carbonyl (C=O) groups excluding carboxylic acids is 1. The third-order valence-electron chi connectivity index (χ3n) is 3.55. The lowest BCUT2D eigenvalue weighted by molar-refractivity contribution is -0.136. The fourth-order valence-electron chi connectivity index (χ4n) is 2.38. The number of anilines is 1. The quantitative estimate of drug-likeness (QED) is 0.773. The molecule has 0 aliphatic heterocycles. The minimum Gasteiger partial charge on any atom is -0.481 e. The number of carbonyl (C=O) groups is 2. The molecule has 1 aromatic carbocycles. The van der Waals surface area contributed by atoms with Gasteiger partial charge in [-0.2, -0.15) is 0 Å². The Labute approximate surface area is 118 Å². The molecule has 0 unspecified atom stereocenters. The van der Waals surface area contributed by atoms with Crippen LogP contribution in [0.4, 0.5) is 10.5 Å². The van der Waals surface area contributed by atoms with Gasteiger partial charge in [0.25, 0.3) is 0 Å². The number of hydrogen-bond acceptors (Lipinski definition) is 2. The van der Waals surface area contributed by atoms with Crippen LogP contribution in [0.3, 0.4) is 0 Å². The molecule has 0 saturated heterocycles. The fourth-order valence-corrected chi connectivity index (χ4v) is 2.38. The van der Waals surface area contributed by atoms with Crippen LogP contribution in [0.5, 0.6) is 0 Å². The van der Waals surface area contributed by atoms with Gasteiger partial charge in [0.05, 0.1) is 0 Å². The van der Waals surface area contributed by atoms with Crippen molar-refractivity contribution in [3.05, 3.63) is 29.8 Å². The first-order chi connectivity index (χ1) is 9.52. The molecule has 0 spiro atoms. The summed E-state index contributed by atoms with van der Waals surface area (Å²) in [4.78, 5) is 22.2. The van der Waals surface area contributed by atoms with Gasteiger partial charge in [-0.1, -0.05) is 19.1 Å². The van der Waals surface area contributed by atoms with E-state index in [1.807, 2.05) is 12.1 Å². The van der Waals surface area contributed by atoms with E-state index in [0.717, 1.165) is 18.4 Å². The number of hydrogen-bond donors (Lipinski definition) is 3. The first-order valence-electron chi connectivity index (χ1n) is 6.91. The Balaban J connectivity index is 1.78. The van der Waals surface area contributed by atoms with Crippen LogP contribution in [-0.4, -0.2) is 23.1 Å². The maximum atomic E-state index is 11.7. The van der Waals surface area contributed by atoms with E-state index in [9.17, 15) is 9.59 Å². The number of amides is 2. The number of aliphatic carboxylic acids is 1. The molecule has 0 aromatic heterocycles. The highest BCUT2D eigenvalue weighted by Gasteiger charge is 2.26. The van der Waals surface area contributed by atoms with Crippen molar-refractivity contribution in [1.29, 1.82) is 0 Å². The van der Waals surface area contributed by atoms with Crippen molar-refractivity contribution in [1.82, 2.24) is 5.32 Å². The van der Waals surface area contributed by atoms with E-state index in [-0.39, 0.29) is 12.5 Å². The lowest BCUT2D eigenvalue weighted by atomic mass is 9.82. The van der Waals surface area contributed by atoms with E-state index in [0.29, 0.717) is 24.1 Å². The highest BCUT2D eigenvalue weighted by Crippen LogP contribution is 2.26. The summed E-state index contributed by atoms with van der Waals surface area (Å²) >= 11 is 0. The second-order valence-corrected chi connectivity index (χ2v) is 5.46. The molecule has 1 aromatic rings. The summed E-state index contributed by atoms with van der Waals surface area (Å²) in [5, 5.41) is 14.3. The van der Waals surface area contributed by atoms with Crippen LogP contribution >= 0.6 is 0 Å². The number of carboxylic acid groups (broad SMARTS) is 1. The second kappa shape index (κ2) is 6.41. The van der Waals surface area contributed by atoms with Gasteiger partial charge in [0, 0.05) is 18.2 Å². The molecule has 3 N–H and O–H groups in total. The molecule has 1 fully saturated rings. The van der Waals surface area contributed by atoms with Crippen LogP contribution in [0, 0.1) is 5.92 Å². The zero-order valence-corrected chi connectivity index (χ0v) is 11.6. The number of aryl methyl sites for hydroxylation is 1. The van der Waals surface area contributed by atoms with Gasteiger partial charge in [0.15, 0.2) is 0 Å². The summed E-state index contributed by atoms with van der Waals surface area (Å²) in [6, 6.07) is 7.37. The molecule has 0 heterocycles. The zero-order chi connectivity index (χ0) is 14.5. The summed E-state index contributed by atoms with van der Waals surface area (Å²) in [6.45, 7) is 2.17. The molecule has 1 saturated carbocycles. The Hall–Kier alpha value is -2.04. The summed E-state index contributed by atoms with van der Waals surface area (Å²) in [6.07, 6.45) is 2.71. The Morgan fingerprint density at radius 3 is 2.45 bits per heavy atom. The SMILES string of the molecule is CC1CC(NC(=O)Nc2ccc(CCC(=O)O)cc2)C1. The number of benzene rings is 1. The third kappa shape index (κ3) is 4.26. The van der Waals surface area contributed by atoms with Crippen molar-refractivity contribution in [3.63, 3.8) is 0 Å². The maximum absolute atomic E-state index is 11.7. The summed E-state index contributed by atoms with van der Waals surface area (Å²) in [5.74, 6) is -0.102. The number of carboxylic acids is 1. The van der Waals surface area contributed by atoms with Crippen molar-refractivity contribution in [3.8, 4) is 0 Å². The van der Waals surface area contributed by atoms with Gasteiger partial charge in [-0.25, -0.2) is 4.79 Å². The minimum absolute atomic E-state index is 0.118. The summed E-state index contributed by atoms with van der Waals surface area (Å²) in [7, 11) is 0. The van der Waals surface area contributed by atoms with Crippen molar-refractivity contribution < 1.29 is 14.7 Å². The van der Waals surface area contributed by atoms with Crippen molar-refractivity contribution in [2.45, 2.75) is 38.6 Å². The monoisotopic (exact) mass is 276 g/mol. The van der Waals surface area contributed by atoms with Gasteiger partial charge >= 0.3 is 12.0 Å². The molecule has 2 rings (SSSR count). The van der Waals surface area contributed by atoms with Crippen molar-refractivity contribution >= 4 is 17.7 Å². The van der Waals surface area contributed by atoms with Crippen LogP contribution < -0.4 is 10.6 Å². The summed E-state index contributed by atoms with van der Waals surface area (Å²) < 4.78 is 0. The Morgan fingerprint density at radius 2 is 1.90 bits per heavy atom. The predicted molar refractivity (Wildman–Crippen MR) is 76.7 cm³/mol. The van der Waals surface area contributed by atoms with Crippen molar-refractivity contribution in [2.75, 3.05) is 5.32 Å². The molecule has 1 aliphatic rings.